The van der Waals surface area contributed by atoms with Crippen molar-refractivity contribution in [3.8, 4) is 0 Å². The summed E-state index contributed by atoms with van der Waals surface area (Å²) in [7, 11) is -0.480. The Morgan fingerprint density at radius 3 is 2.38 bits per heavy atom. The molecule has 10 heteroatoms. The number of rotatable bonds is 3. The van der Waals surface area contributed by atoms with Gasteiger partial charge in [0.1, 0.15) is 10.8 Å². The van der Waals surface area contributed by atoms with Gasteiger partial charge in [0.2, 0.25) is 0 Å². The average Bonchev–Trinajstić information content (AvgIpc) is 2.46. The van der Waals surface area contributed by atoms with Crippen molar-refractivity contribution in [2.24, 2.45) is 0 Å². The van der Waals surface area contributed by atoms with Crippen LogP contribution in [0.15, 0.2) is 12.4 Å². The summed E-state index contributed by atoms with van der Waals surface area (Å²) in [6.07, 6.45) is 2.69. The van der Waals surface area contributed by atoms with Crippen molar-refractivity contribution in [1.29, 1.82) is 0 Å². The lowest BCUT2D eigenvalue weighted by atomic mass is 10.3. The zero-order valence-electron chi connectivity index (χ0n) is 11.7. The number of hydrogen-bond donors (Lipinski definition) is 0. The normalized spacial score (nSPS) is 17.2. The van der Waals surface area contributed by atoms with Crippen LogP contribution in [0.3, 0.4) is 0 Å². The molecule has 21 heavy (non-hydrogen) atoms. The lowest BCUT2D eigenvalue weighted by Crippen LogP contribution is -2.53. The molecule has 2 rings (SSSR count). The largest absolute Gasteiger partial charge is 0.335 e. The molecule has 0 spiro atoms. The third-order valence-corrected chi connectivity index (χ3v) is 5.26. The molecule has 0 aliphatic carbocycles. The second-order valence-corrected chi connectivity index (χ2v) is 7.24. The van der Waals surface area contributed by atoms with Gasteiger partial charge < -0.3 is 4.90 Å². The molecule has 1 aliphatic heterocycles. The number of aromatic nitrogens is 2. The molecule has 1 saturated heterocycles. The van der Waals surface area contributed by atoms with Gasteiger partial charge in [-0.2, -0.15) is 17.0 Å². The highest BCUT2D eigenvalue weighted by Gasteiger charge is 2.30. The van der Waals surface area contributed by atoms with E-state index in [4.69, 9.17) is 11.6 Å². The summed E-state index contributed by atoms with van der Waals surface area (Å²) in [6, 6.07) is 0. The zero-order valence-corrected chi connectivity index (χ0v) is 13.3. The van der Waals surface area contributed by atoms with Gasteiger partial charge in [-0.3, -0.25) is 9.78 Å². The molecule has 116 valence electrons. The van der Waals surface area contributed by atoms with Crippen LogP contribution in [0, 0.1) is 0 Å². The van der Waals surface area contributed by atoms with Gasteiger partial charge in [0.15, 0.2) is 0 Å². The van der Waals surface area contributed by atoms with Gasteiger partial charge in [0, 0.05) is 40.3 Å². The van der Waals surface area contributed by atoms with E-state index in [9.17, 15) is 13.2 Å². The maximum atomic E-state index is 12.2. The second-order valence-electron chi connectivity index (χ2n) is 4.71. The molecule has 1 aromatic rings. The van der Waals surface area contributed by atoms with Crippen LogP contribution in [0.4, 0.5) is 0 Å². The number of halogens is 1. The minimum Gasteiger partial charge on any atom is -0.335 e. The van der Waals surface area contributed by atoms with Crippen LogP contribution < -0.4 is 0 Å². The van der Waals surface area contributed by atoms with E-state index in [0.29, 0.717) is 13.1 Å². The number of carbonyl (C=O) groups excluding carboxylic acids is 1. The van der Waals surface area contributed by atoms with Crippen LogP contribution in [-0.2, 0) is 10.2 Å². The predicted molar refractivity (Wildman–Crippen MR) is 77.1 cm³/mol. The molecule has 0 radical (unpaired) electrons. The lowest BCUT2D eigenvalue weighted by molar-refractivity contribution is 0.0689. The summed E-state index contributed by atoms with van der Waals surface area (Å²) in [4.78, 5) is 21.5. The highest BCUT2D eigenvalue weighted by atomic mass is 35.5. The third kappa shape index (κ3) is 3.49. The summed E-state index contributed by atoms with van der Waals surface area (Å²) in [6.45, 7) is 1.11. The van der Waals surface area contributed by atoms with Crippen molar-refractivity contribution in [2.45, 2.75) is 0 Å². The molecule has 2 heterocycles. The van der Waals surface area contributed by atoms with E-state index < -0.39 is 10.2 Å². The molecule has 1 aromatic heterocycles. The Morgan fingerprint density at radius 1 is 1.24 bits per heavy atom. The fourth-order valence-corrected chi connectivity index (χ4v) is 3.19. The van der Waals surface area contributed by atoms with Gasteiger partial charge in [-0.25, -0.2) is 4.98 Å². The maximum Gasteiger partial charge on any atom is 0.281 e. The molecule has 0 unspecified atom stereocenters. The fraction of sp³-hybridized carbons (Fsp3) is 0.545. The maximum absolute atomic E-state index is 12.2. The number of carbonyl (C=O) groups is 1. The molecule has 1 aliphatic rings. The van der Waals surface area contributed by atoms with Gasteiger partial charge >= 0.3 is 0 Å². The first-order valence-corrected chi connectivity index (χ1v) is 8.04. The van der Waals surface area contributed by atoms with Gasteiger partial charge in [-0.05, 0) is 0 Å². The summed E-state index contributed by atoms with van der Waals surface area (Å²) < 4.78 is 26.5. The molecule has 8 nitrogen and oxygen atoms in total. The standard InChI is InChI=1S/C11H16ClN5O3S/c1-15(2)21(19,20)17-5-3-16(4-6-17)11(18)9-7-13-8-10(12)14-9/h7-8H,3-6H2,1-2H3. The SMILES string of the molecule is CN(C)S(=O)(=O)N1CCN(C(=O)c2cncc(Cl)n2)CC1. The molecule has 0 N–H and O–H groups in total. The van der Waals surface area contributed by atoms with Crippen molar-refractivity contribution in [3.63, 3.8) is 0 Å². The minimum atomic E-state index is -3.44. The van der Waals surface area contributed by atoms with Crippen LogP contribution in [0.2, 0.25) is 5.15 Å². The van der Waals surface area contributed by atoms with E-state index in [1.807, 2.05) is 0 Å². The van der Waals surface area contributed by atoms with Gasteiger partial charge in [-0.1, -0.05) is 11.6 Å². The average molecular weight is 334 g/mol. The van der Waals surface area contributed by atoms with Crippen molar-refractivity contribution in [1.82, 2.24) is 23.5 Å². The Balaban J connectivity index is 2.03. The Kier molecular flexibility index (Phi) is 4.77. The van der Waals surface area contributed by atoms with Gasteiger partial charge in [0.05, 0.1) is 12.4 Å². The van der Waals surface area contributed by atoms with Crippen molar-refractivity contribution in [3.05, 3.63) is 23.2 Å². The van der Waals surface area contributed by atoms with Crippen LogP contribution in [0.1, 0.15) is 10.5 Å². The van der Waals surface area contributed by atoms with E-state index in [2.05, 4.69) is 9.97 Å². The Morgan fingerprint density at radius 2 is 1.86 bits per heavy atom. The molecular weight excluding hydrogens is 318 g/mol. The molecule has 1 amide bonds. The second kappa shape index (κ2) is 6.22. The molecular formula is C11H16ClN5O3S. The van der Waals surface area contributed by atoms with E-state index >= 15 is 0 Å². The Hall–Kier alpha value is -1.29. The number of amides is 1. The molecule has 0 bridgehead atoms. The lowest BCUT2D eigenvalue weighted by Gasteiger charge is -2.34. The van der Waals surface area contributed by atoms with Crippen molar-refractivity contribution in [2.75, 3.05) is 40.3 Å². The highest BCUT2D eigenvalue weighted by Crippen LogP contribution is 2.12. The first-order valence-electron chi connectivity index (χ1n) is 6.27. The zero-order chi connectivity index (χ0) is 15.6. The van der Waals surface area contributed by atoms with Gasteiger partial charge in [0.25, 0.3) is 16.1 Å². The van der Waals surface area contributed by atoms with E-state index in [1.54, 1.807) is 4.90 Å². The highest BCUT2D eigenvalue weighted by molar-refractivity contribution is 7.86. The predicted octanol–water partition coefficient (Wildman–Crippen LogP) is -0.306. The monoisotopic (exact) mass is 333 g/mol. The third-order valence-electron chi connectivity index (χ3n) is 3.14. The fourth-order valence-electron chi connectivity index (χ4n) is 1.96. The van der Waals surface area contributed by atoms with E-state index in [0.717, 1.165) is 4.31 Å². The molecule has 0 aromatic carbocycles. The first kappa shape index (κ1) is 16.1. The molecule has 0 saturated carbocycles. The quantitative estimate of drug-likeness (QED) is 0.757. The minimum absolute atomic E-state index is 0.148. The summed E-state index contributed by atoms with van der Waals surface area (Å²) in [5.74, 6) is -0.299. The van der Waals surface area contributed by atoms with E-state index in [1.165, 1.54) is 30.8 Å². The molecule has 1 fully saturated rings. The number of nitrogens with zero attached hydrogens (tertiary/aromatic N) is 5. The van der Waals surface area contributed by atoms with E-state index in [-0.39, 0.29) is 29.8 Å². The Labute approximate surface area is 128 Å². The van der Waals surface area contributed by atoms with Crippen LogP contribution in [0.5, 0.6) is 0 Å². The topological polar surface area (TPSA) is 86.7 Å². The van der Waals surface area contributed by atoms with Gasteiger partial charge in [-0.15, -0.1) is 0 Å². The van der Waals surface area contributed by atoms with Crippen molar-refractivity contribution >= 4 is 27.7 Å². The van der Waals surface area contributed by atoms with Crippen LogP contribution >= 0.6 is 11.6 Å². The smallest absolute Gasteiger partial charge is 0.281 e. The van der Waals surface area contributed by atoms with Crippen molar-refractivity contribution < 1.29 is 13.2 Å². The number of piperazine rings is 1. The summed E-state index contributed by atoms with van der Waals surface area (Å²) in [5.41, 5.74) is 0.159. The molecule has 0 atom stereocenters. The summed E-state index contributed by atoms with van der Waals surface area (Å²) >= 11 is 5.71. The number of hydrogen-bond acceptors (Lipinski definition) is 5. The Bertz CT molecular complexity index is 629. The van der Waals surface area contributed by atoms with Crippen LogP contribution in [0.25, 0.3) is 0 Å². The first-order chi connectivity index (χ1) is 9.82. The van der Waals surface area contributed by atoms with Crippen LogP contribution in [-0.4, -0.2) is 78.1 Å². The summed E-state index contributed by atoms with van der Waals surface area (Å²) in [5, 5.41) is 0.148.